The van der Waals surface area contributed by atoms with E-state index in [1.165, 1.54) is 6.33 Å². The lowest BCUT2D eigenvalue weighted by Gasteiger charge is -2.05. The molecule has 2 rings (SSSR count). The van der Waals surface area contributed by atoms with Crippen LogP contribution in [0.15, 0.2) is 41.4 Å². The molecule has 0 bridgehead atoms. The molecule has 0 saturated heterocycles. The summed E-state index contributed by atoms with van der Waals surface area (Å²) < 4.78 is 6.18. The first kappa shape index (κ1) is 11.1. The topological polar surface area (TPSA) is 35.0 Å². The summed E-state index contributed by atoms with van der Waals surface area (Å²) in [5.74, 6) is 0.874. The minimum absolute atomic E-state index is 0.678. The van der Waals surface area contributed by atoms with E-state index in [1.807, 2.05) is 31.2 Å². The molecule has 0 aliphatic heterocycles. The van der Waals surface area contributed by atoms with Crippen molar-refractivity contribution in [3.8, 4) is 16.9 Å². The number of rotatable bonds is 3. The number of ether oxygens (including phenoxy) is 1. The van der Waals surface area contributed by atoms with Crippen molar-refractivity contribution >= 4 is 15.9 Å². The van der Waals surface area contributed by atoms with Gasteiger partial charge in [-0.15, -0.1) is 0 Å². The molecule has 1 heterocycles. The number of hydrogen-bond acceptors (Lipinski definition) is 3. The normalized spacial score (nSPS) is 10.1. The second kappa shape index (κ2) is 5.07. The van der Waals surface area contributed by atoms with Gasteiger partial charge >= 0.3 is 0 Å². The highest BCUT2D eigenvalue weighted by Gasteiger charge is 2.03. The summed E-state index contributed by atoms with van der Waals surface area (Å²) in [6.07, 6.45) is 3.30. The second-order valence-electron chi connectivity index (χ2n) is 3.18. The van der Waals surface area contributed by atoms with Gasteiger partial charge in [-0.2, -0.15) is 0 Å². The fourth-order valence-corrected chi connectivity index (χ4v) is 1.83. The van der Waals surface area contributed by atoms with Crippen LogP contribution >= 0.6 is 15.9 Å². The Balaban J connectivity index is 2.31. The minimum Gasteiger partial charge on any atom is -0.494 e. The van der Waals surface area contributed by atoms with Crippen molar-refractivity contribution in [3.05, 3.63) is 41.4 Å². The van der Waals surface area contributed by atoms with E-state index in [0.29, 0.717) is 6.61 Å². The Morgan fingerprint density at radius 1 is 1.25 bits per heavy atom. The molecule has 16 heavy (non-hydrogen) atoms. The first-order chi connectivity index (χ1) is 7.81. The first-order valence-corrected chi connectivity index (χ1v) is 5.79. The molecule has 0 N–H and O–H groups in total. The molecule has 0 unspecified atom stereocenters. The molecule has 0 aliphatic carbocycles. The van der Waals surface area contributed by atoms with Gasteiger partial charge in [0, 0.05) is 11.8 Å². The van der Waals surface area contributed by atoms with Crippen LogP contribution < -0.4 is 4.74 Å². The first-order valence-electron chi connectivity index (χ1n) is 5.00. The molecule has 1 aromatic carbocycles. The standard InChI is InChI=1S/C12H11BrN2O/c1-2-16-10-5-3-9(4-6-10)11-7-14-8-15-12(11)13/h3-8H,2H2,1H3. The largest absolute Gasteiger partial charge is 0.494 e. The third kappa shape index (κ3) is 2.39. The molecule has 4 heteroatoms. The van der Waals surface area contributed by atoms with Crippen molar-refractivity contribution < 1.29 is 4.74 Å². The third-order valence-electron chi connectivity index (χ3n) is 2.14. The van der Waals surface area contributed by atoms with E-state index in [9.17, 15) is 0 Å². The van der Waals surface area contributed by atoms with Crippen LogP contribution in [0.5, 0.6) is 5.75 Å². The Labute approximate surface area is 103 Å². The number of halogens is 1. The Kier molecular flexibility index (Phi) is 3.51. The fourth-order valence-electron chi connectivity index (χ4n) is 1.41. The van der Waals surface area contributed by atoms with E-state index in [4.69, 9.17) is 4.74 Å². The zero-order valence-electron chi connectivity index (χ0n) is 8.85. The fraction of sp³-hybridized carbons (Fsp3) is 0.167. The Hall–Kier alpha value is -1.42. The van der Waals surface area contributed by atoms with E-state index >= 15 is 0 Å². The van der Waals surface area contributed by atoms with Crippen molar-refractivity contribution in [3.63, 3.8) is 0 Å². The van der Waals surface area contributed by atoms with Crippen LogP contribution in [0.2, 0.25) is 0 Å². The number of aromatic nitrogens is 2. The van der Waals surface area contributed by atoms with E-state index in [2.05, 4.69) is 25.9 Å². The molecular formula is C12H11BrN2O. The van der Waals surface area contributed by atoms with Crippen molar-refractivity contribution in [1.29, 1.82) is 0 Å². The third-order valence-corrected chi connectivity index (χ3v) is 2.77. The second-order valence-corrected chi connectivity index (χ2v) is 3.94. The van der Waals surface area contributed by atoms with Gasteiger partial charge in [0.2, 0.25) is 0 Å². The zero-order valence-corrected chi connectivity index (χ0v) is 10.4. The molecule has 0 aliphatic rings. The Morgan fingerprint density at radius 2 is 2.00 bits per heavy atom. The number of benzene rings is 1. The maximum absolute atomic E-state index is 5.38. The Bertz CT molecular complexity index is 471. The zero-order chi connectivity index (χ0) is 11.4. The average Bonchev–Trinajstić information content (AvgIpc) is 2.31. The summed E-state index contributed by atoms with van der Waals surface area (Å²) in [7, 11) is 0. The highest BCUT2D eigenvalue weighted by atomic mass is 79.9. The average molecular weight is 279 g/mol. The van der Waals surface area contributed by atoms with Crippen LogP contribution in [0.3, 0.4) is 0 Å². The molecule has 0 atom stereocenters. The minimum atomic E-state index is 0.678. The highest BCUT2D eigenvalue weighted by Crippen LogP contribution is 2.26. The van der Waals surface area contributed by atoms with Gasteiger partial charge in [0.05, 0.1) is 6.61 Å². The highest BCUT2D eigenvalue weighted by molar-refractivity contribution is 9.10. The van der Waals surface area contributed by atoms with Crippen molar-refractivity contribution in [2.75, 3.05) is 6.61 Å². The van der Waals surface area contributed by atoms with Crippen molar-refractivity contribution in [1.82, 2.24) is 9.97 Å². The smallest absolute Gasteiger partial charge is 0.119 e. The van der Waals surface area contributed by atoms with E-state index in [-0.39, 0.29) is 0 Å². The van der Waals surface area contributed by atoms with Crippen LogP contribution in [0.25, 0.3) is 11.1 Å². The van der Waals surface area contributed by atoms with Crippen molar-refractivity contribution in [2.24, 2.45) is 0 Å². The van der Waals surface area contributed by atoms with Crippen LogP contribution in [0.1, 0.15) is 6.92 Å². The summed E-state index contributed by atoms with van der Waals surface area (Å²) in [4.78, 5) is 8.10. The Morgan fingerprint density at radius 3 is 2.62 bits per heavy atom. The molecule has 1 aromatic heterocycles. The summed E-state index contributed by atoms with van der Waals surface area (Å²) in [5, 5.41) is 0. The predicted molar refractivity (Wildman–Crippen MR) is 66.3 cm³/mol. The monoisotopic (exact) mass is 278 g/mol. The molecule has 0 spiro atoms. The van der Waals surface area contributed by atoms with Crippen LogP contribution in [0.4, 0.5) is 0 Å². The molecule has 0 fully saturated rings. The van der Waals surface area contributed by atoms with Gasteiger partial charge in [0.25, 0.3) is 0 Å². The molecule has 2 aromatic rings. The summed E-state index contributed by atoms with van der Waals surface area (Å²) >= 11 is 3.40. The van der Waals surface area contributed by atoms with Gasteiger partial charge in [0.15, 0.2) is 0 Å². The summed E-state index contributed by atoms with van der Waals surface area (Å²) in [6, 6.07) is 7.87. The molecule has 82 valence electrons. The van der Waals surface area contributed by atoms with Gasteiger partial charge in [-0.3, -0.25) is 0 Å². The van der Waals surface area contributed by atoms with Crippen LogP contribution in [-0.4, -0.2) is 16.6 Å². The SMILES string of the molecule is CCOc1ccc(-c2cncnc2Br)cc1. The number of nitrogens with zero attached hydrogens (tertiary/aromatic N) is 2. The summed E-state index contributed by atoms with van der Waals surface area (Å²) in [6.45, 7) is 2.65. The van der Waals surface area contributed by atoms with Gasteiger partial charge in [-0.1, -0.05) is 12.1 Å². The van der Waals surface area contributed by atoms with E-state index in [1.54, 1.807) is 6.20 Å². The lowest BCUT2D eigenvalue weighted by atomic mass is 10.1. The van der Waals surface area contributed by atoms with Gasteiger partial charge in [0.1, 0.15) is 16.7 Å². The van der Waals surface area contributed by atoms with Gasteiger partial charge in [-0.05, 0) is 40.5 Å². The molecular weight excluding hydrogens is 268 g/mol. The van der Waals surface area contributed by atoms with Crippen LogP contribution in [0, 0.1) is 0 Å². The molecule has 0 amide bonds. The van der Waals surface area contributed by atoms with Gasteiger partial charge in [-0.25, -0.2) is 9.97 Å². The molecule has 0 radical (unpaired) electrons. The maximum atomic E-state index is 5.38. The molecule has 0 saturated carbocycles. The molecule has 3 nitrogen and oxygen atoms in total. The van der Waals surface area contributed by atoms with Crippen LogP contribution in [-0.2, 0) is 0 Å². The lowest BCUT2D eigenvalue weighted by molar-refractivity contribution is 0.340. The van der Waals surface area contributed by atoms with Gasteiger partial charge < -0.3 is 4.74 Å². The van der Waals surface area contributed by atoms with E-state index < -0.39 is 0 Å². The summed E-state index contributed by atoms with van der Waals surface area (Å²) in [5.41, 5.74) is 2.04. The van der Waals surface area contributed by atoms with E-state index in [0.717, 1.165) is 21.5 Å². The quantitative estimate of drug-likeness (QED) is 0.808. The number of hydrogen-bond donors (Lipinski definition) is 0. The maximum Gasteiger partial charge on any atom is 0.119 e. The lowest BCUT2D eigenvalue weighted by Crippen LogP contribution is -1.91. The van der Waals surface area contributed by atoms with Crippen molar-refractivity contribution in [2.45, 2.75) is 6.92 Å². The predicted octanol–water partition coefficient (Wildman–Crippen LogP) is 3.30.